The highest BCUT2D eigenvalue weighted by molar-refractivity contribution is 5.85. The van der Waals surface area contributed by atoms with Crippen molar-refractivity contribution >= 4 is 23.4 Å². The molecule has 1 aromatic heterocycles. The average Bonchev–Trinajstić information content (AvgIpc) is 2.74. The van der Waals surface area contributed by atoms with Gasteiger partial charge >= 0.3 is 5.63 Å². The first-order valence-corrected chi connectivity index (χ1v) is 6.63. The molecule has 1 atom stereocenters. The van der Waals surface area contributed by atoms with Crippen LogP contribution in [0.1, 0.15) is 17.5 Å². The molecule has 1 aliphatic heterocycles. The van der Waals surface area contributed by atoms with Crippen LogP contribution in [-0.4, -0.2) is 24.0 Å². The smallest absolute Gasteiger partial charge is 0.336 e. The van der Waals surface area contributed by atoms with Crippen molar-refractivity contribution in [3.05, 3.63) is 45.8 Å². The standard InChI is InChI=1S/C15H18N2O2.ClH/c1-10-2-3-13-11(7-15(18)19-14(13)6-10)8-17-5-4-12(16)9-17;/h2-3,6-7,12H,4-5,8-9,16H2,1H3;1H. The van der Waals surface area contributed by atoms with Crippen molar-refractivity contribution in [2.75, 3.05) is 13.1 Å². The zero-order valence-corrected chi connectivity index (χ0v) is 12.3. The Kier molecular flexibility index (Phi) is 4.48. The van der Waals surface area contributed by atoms with Crippen LogP contribution >= 0.6 is 12.4 Å². The van der Waals surface area contributed by atoms with E-state index in [1.165, 1.54) is 0 Å². The molecule has 2 heterocycles. The van der Waals surface area contributed by atoms with Gasteiger partial charge in [0.05, 0.1) is 0 Å². The molecule has 1 fully saturated rings. The molecule has 1 aromatic carbocycles. The minimum atomic E-state index is -0.281. The van der Waals surface area contributed by atoms with E-state index in [2.05, 4.69) is 4.90 Å². The Bertz CT molecular complexity index is 668. The summed E-state index contributed by atoms with van der Waals surface area (Å²) in [6.45, 7) is 4.65. The van der Waals surface area contributed by atoms with Gasteiger partial charge in [-0.25, -0.2) is 4.79 Å². The maximum Gasteiger partial charge on any atom is 0.336 e. The summed E-state index contributed by atoms with van der Waals surface area (Å²) in [5, 5.41) is 1.02. The van der Waals surface area contributed by atoms with Crippen LogP contribution < -0.4 is 11.4 Å². The highest BCUT2D eigenvalue weighted by atomic mass is 35.5. The topological polar surface area (TPSA) is 59.5 Å². The van der Waals surface area contributed by atoms with E-state index in [0.29, 0.717) is 5.58 Å². The second-order valence-electron chi connectivity index (χ2n) is 5.37. The van der Waals surface area contributed by atoms with Gasteiger partial charge in [0.2, 0.25) is 0 Å². The largest absolute Gasteiger partial charge is 0.423 e. The van der Waals surface area contributed by atoms with E-state index in [-0.39, 0.29) is 24.1 Å². The Labute approximate surface area is 124 Å². The van der Waals surface area contributed by atoms with Crippen LogP contribution in [0.15, 0.2) is 33.5 Å². The fourth-order valence-electron chi connectivity index (χ4n) is 2.72. The third-order valence-corrected chi connectivity index (χ3v) is 3.69. The molecule has 0 bridgehead atoms. The molecule has 4 nitrogen and oxygen atoms in total. The number of aryl methyl sites for hydroxylation is 1. The lowest BCUT2D eigenvalue weighted by molar-refractivity contribution is 0.327. The van der Waals surface area contributed by atoms with Gasteiger partial charge in [0.25, 0.3) is 0 Å². The molecule has 0 saturated carbocycles. The molecule has 0 amide bonds. The van der Waals surface area contributed by atoms with Gasteiger partial charge in [-0.3, -0.25) is 4.90 Å². The van der Waals surface area contributed by atoms with Gasteiger partial charge in [0, 0.05) is 37.1 Å². The Morgan fingerprint density at radius 3 is 2.90 bits per heavy atom. The summed E-state index contributed by atoms with van der Waals surface area (Å²) in [7, 11) is 0. The normalized spacial score (nSPS) is 19.2. The highest BCUT2D eigenvalue weighted by Gasteiger charge is 2.20. The lowest BCUT2D eigenvalue weighted by Crippen LogP contribution is -2.26. The molecule has 0 radical (unpaired) electrons. The Hall–Kier alpha value is -1.36. The molecule has 1 aliphatic rings. The summed E-state index contributed by atoms with van der Waals surface area (Å²) in [6.07, 6.45) is 1.03. The Morgan fingerprint density at radius 2 is 2.20 bits per heavy atom. The van der Waals surface area contributed by atoms with Crippen molar-refractivity contribution < 1.29 is 4.42 Å². The number of benzene rings is 1. The van der Waals surface area contributed by atoms with E-state index in [0.717, 1.165) is 42.6 Å². The zero-order valence-electron chi connectivity index (χ0n) is 11.5. The third-order valence-electron chi connectivity index (χ3n) is 3.69. The quantitative estimate of drug-likeness (QED) is 0.861. The van der Waals surface area contributed by atoms with Gasteiger partial charge in [0.15, 0.2) is 0 Å². The summed E-state index contributed by atoms with van der Waals surface area (Å²) in [6, 6.07) is 7.84. The molecule has 0 spiro atoms. The van der Waals surface area contributed by atoms with Gasteiger partial charge in [-0.05, 0) is 30.5 Å². The summed E-state index contributed by atoms with van der Waals surface area (Å²) < 4.78 is 5.27. The minimum absolute atomic E-state index is 0. The predicted octanol–water partition coefficient (Wildman–Crippen LogP) is 2.06. The monoisotopic (exact) mass is 294 g/mol. The molecular weight excluding hydrogens is 276 g/mol. The van der Waals surface area contributed by atoms with Crippen LogP contribution in [0.4, 0.5) is 0 Å². The first-order valence-electron chi connectivity index (χ1n) is 6.63. The van der Waals surface area contributed by atoms with E-state index in [1.807, 2.05) is 25.1 Å². The molecular formula is C15H19ClN2O2. The first kappa shape index (κ1) is 15.0. The number of likely N-dealkylation sites (tertiary alicyclic amines) is 1. The zero-order chi connectivity index (χ0) is 13.4. The fourth-order valence-corrected chi connectivity index (χ4v) is 2.72. The van der Waals surface area contributed by atoms with Crippen LogP contribution in [0.5, 0.6) is 0 Å². The van der Waals surface area contributed by atoms with Crippen molar-refractivity contribution in [2.24, 2.45) is 5.73 Å². The average molecular weight is 295 g/mol. The Morgan fingerprint density at radius 1 is 1.40 bits per heavy atom. The van der Waals surface area contributed by atoms with Crippen LogP contribution in [0, 0.1) is 6.92 Å². The number of rotatable bonds is 2. The SMILES string of the molecule is Cc1ccc2c(CN3CCC(N)C3)cc(=O)oc2c1.Cl. The summed E-state index contributed by atoms with van der Waals surface area (Å²) in [5.41, 5.74) is 8.43. The molecule has 2 aromatic rings. The molecule has 3 rings (SSSR count). The highest BCUT2D eigenvalue weighted by Crippen LogP contribution is 2.21. The van der Waals surface area contributed by atoms with Gasteiger partial charge in [0.1, 0.15) is 5.58 Å². The van der Waals surface area contributed by atoms with Gasteiger partial charge in [-0.1, -0.05) is 12.1 Å². The number of fused-ring (bicyclic) bond motifs is 1. The lowest BCUT2D eigenvalue weighted by atomic mass is 10.1. The van der Waals surface area contributed by atoms with E-state index in [9.17, 15) is 4.79 Å². The van der Waals surface area contributed by atoms with E-state index >= 15 is 0 Å². The molecule has 0 aliphatic carbocycles. The molecule has 2 N–H and O–H groups in total. The van der Waals surface area contributed by atoms with Gasteiger partial charge in [-0.2, -0.15) is 0 Å². The van der Waals surface area contributed by atoms with Crippen LogP contribution in [-0.2, 0) is 6.54 Å². The number of nitrogens with zero attached hydrogens (tertiary/aromatic N) is 1. The second kappa shape index (κ2) is 5.95. The number of hydrogen-bond donors (Lipinski definition) is 1. The maximum atomic E-state index is 11.6. The first-order chi connectivity index (χ1) is 9.11. The second-order valence-corrected chi connectivity index (χ2v) is 5.37. The van der Waals surface area contributed by atoms with Gasteiger partial charge in [-0.15, -0.1) is 12.4 Å². The van der Waals surface area contributed by atoms with Crippen molar-refractivity contribution in [3.8, 4) is 0 Å². The van der Waals surface area contributed by atoms with E-state index in [1.54, 1.807) is 6.07 Å². The molecule has 20 heavy (non-hydrogen) atoms. The van der Waals surface area contributed by atoms with Crippen LogP contribution in [0.2, 0.25) is 0 Å². The van der Waals surface area contributed by atoms with Crippen molar-refractivity contribution in [3.63, 3.8) is 0 Å². The van der Waals surface area contributed by atoms with Gasteiger partial charge < -0.3 is 10.2 Å². The summed E-state index contributed by atoms with van der Waals surface area (Å²) in [5.74, 6) is 0. The molecule has 5 heteroatoms. The predicted molar refractivity (Wildman–Crippen MR) is 82.3 cm³/mol. The summed E-state index contributed by atoms with van der Waals surface area (Å²) >= 11 is 0. The molecule has 1 unspecified atom stereocenters. The maximum absolute atomic E-state index is 11.6. The van der Waals surface area contributed by atoms with Crippen LogP contribution in [0.25, 0.3) is 11.0 Å². The molecule has 1 saturated heterocycles. The van der Waals surface area contributed by atoms with E-state index in [4.69, 9.17) is 10.2 Å². The molecule has 108 valence electrons. The summed E-state index contributed by atoms with van der Waals surface area (Å²) in [4.78, 5) is 13.9. The van der Waals surface area contributed by atoms with Crippen molar-refractivity contribution in [2.45, 2.75) is 25.9 Å². The number of hydrogen-bond acceptors (Lipinski definition) is 4. The number of nitrogens with two attached hydrogens (primary N) is 1. The Balaban J connectivity index is 0.00000147. The third kappa shape index (κ3) is 3.03. The van der Waals surface area contributed by atoms with Crippen molar-refractivity contribution in [1.29, 1.82) is 0 Å². The lowest BCUT2D eigenvalue weighted by Gasteiger charge is -2.16. The minimum Gasteiger partial charge on any atom is -0.423 e. The number of halogens is 1. The van der Waals surface area contributed by atoms with Crippen molar-refractivity contribution in [1.82, 2.24) is 4.90 Å². The fraction of sp³-hybridized carbons (Fsp3) is 0.400. The van der Waals surface area contributed by atoms with Crippen LogP contribution in [0.3, 0.4) is 0 Å². The van der Waals surface area contributed by atoms with E-state index < -0.39 is 0 Å².